The molecular formula is C21H29N3. The van der Waals surface area contributed by atoms with E-state index in [9.17, 15) is 0 Å². The Kier molecular flexibility index (Phi) is 6.39. The van der Waals surface area contributed by atoms with Gasteiger partial charge < -0.3 is 4.90 Å². The molecule has 3 rings (SSSR count). The minimum atomic E-state index is 0.674. The van der Waals surface area contributed by atoms with Crippen LogP contribution in [0, 0.1) is 0 Å². The van der Waals surface area contributed by atoms with Crippen LogP contribution in [0.15, 0.2) is 54.9 Å². The van der Waals surface area contributed by atoms with Gasteiger partial charge in [-0.1, -0.05) is 37.3 Å². The van der Waals surface area contributed by atoms with Gasteiger partial charge in [-0.05, 0) is 55.6 Å². The van der Waals surface area contributed by atoms with E-state index in [1.54, 1.807) is 0 Å². The highest BCUT2D eigenvalue weighted by Gasteiger charge is 2.24. The van der Waals surface area contributed by atoms with Crippen LogP contribution in [0.1, 0.15) is 30.9 Å². The van der Waals surface area contributed by atoms with Gasteiger partial charge in [-0.25, -0.2) is 0 Å². The number of piperidine rings is 1. The summed E-state index contributed by atoms with van der Waals surface area (Å²) in [5.74, 6) is 0. The Bertz CT molecular complexity index is 585. The molecule has 1 saturated heterocycles. The smallest absolute Gasteiger partial charge is 0.0271 e. The van der Waals surface area contributed by atoms with E-state index in [0.29, 0.717) is 6.04 Å². The van der Waals surface area contributed by atoms with E-state index in [-0.39, 0.29) is 0 Å². The highest BCUT2D eigenvalue weighted by Crippen LogP contribution is 2.18. The number of hydrogen-bond donors (Lipinski definition) is 0. The number of pyridine rings is 1. The first-order chi connectivity index (χ1) is 11.8. The second-order valence-corrected chi connectivity index (χ2v) is 6.75. The predicted molar refractivity (Wildman–Crippen MR) is 99.9 cm³/mol. The fourth-order valence-electron chi connectivity index (χ4n) is 3.69. The molecule has 1 atom stereocenters. The lowest BCUT2D eigenvalue weighted by molar-refractivity contribution is 0.0965. The Hall–Kier alpha value is -1.71. The molecule has 0 spiro atoms. The van der Waals surface area contributed by atoms with Gasteiger partial charge in [0.2, 0.25) is 0 Å². The van der Waals surface area contributed by atoms with Crippen molar-refractivity contribution >= 4 is 0 Å². The lowest BCUT2D eigenvalue weighted by atomic mass is 10.0. The molecule has 3 heteroatoms. The first-order valence-corrected chi connectivity index (χ1v) is 9.24. The first kappa shape index (κ1) is 17.1. The molecule has 24 heavy (non-hydrogen) atoms. The summed E-state index contributed by atoms with van der Waals surface area (Å²) in [7, 11) is 0. The summed E-state index contributed by atoms with van der Waals surface area (Å²) in [6.45, 7) is 8.05. The summed E-state index contributed by atoms with van der Waals surface area (Å²) < 4.78 is 0. The lowest BCUT2D eigenvalue weighted by Crippen LogP contribution is -2.48. The van der Waals surface area contributed by atoms with Crippen LogP contribution in [-0.2, 0) is 13.0 Å². The lowest BCUT2D eigenvalue weighted by Gasteiger charge is -2.39. The number of likely N-dealkylation sites (tertiary alicyclic amines) is 1. The summed E-state index contributed by atoms with van der Waals surface area (Å²) in [6, 6.07) is 15.8. The minimum absolute atomic E-state index is 0.674. The van der Waals surface area contributed by atoms with Crippen molar-refractivity contribution in [2.45, 2.75) is 38.8 Å². The van der Waals surface area contributed by atoms with Crippen LogP contribution >= 0.6 is 0 Å². The number of likely N-dealkylation sites (N-methyl/N-ethyl adjacent to an activating group) is 1. The van der Waals surface area contributed by atoms with E-state index >= 15 is 0 Å². The number of aromatic nitrogens is 1. The summed E-state index contributed by atoms with van der Waals surface area (Å²) in [4.78, 5) is 9.41. The van der Waals surface area contributed by atoms with Gasteiger partial charge in [-0.2, -0.15) is 0 Å². The maximum atomic E-state index is 4.13. The van der Waals surface area contributed by atoms with Gasteiger partial charge in [0.25, 0.3) is 0 Å². The van der Waals surface area contributed by atoms with Crippen LogP contribution in [0.3, 0.4) is 0 Å². The fraction of sp³-hybridized carbons (Fsp3) is 0.476. The molecule has 1 fully saturated rings. The van der Waals surface area contributed by atoms with Crippen LogP contribution in [-0.4, -0.2) is 47.0 Å². The normalized spacial score (nSPS) is 18.8. The highest BCUT2D eigenvalue weighted by molar-refractivity contribution is 5.15. The van der Waals surface area contributed by atoms with Crippen molar-refractivity contribution < 1.29 is 0 Å². The number of benzene rings is 1. The van der Waals surface area contributed by atoms with Crippen molar-refractivity contribution in [2.75, 3.05) is 26.2 Å². The van der Waals surface area contributed by atoms with E-state index in [2.05, 4.69) is 64.2 Å². The third kappa shape index (κ3) is 4.89. The molecule has 2 aromatic rings. The van der Waals surface area contributed by atoms with Crippen molar-refractivity contribution in [3.63, 3.8) is 0 Å². The molecule has 0 aliphatic carbocycles. The number of rotatable bonds is 7. The fourth-order valence-corrected chi connectivity index (χ4v) is 3.69. The van der Waals surface area contributed by atoms with Crippen LogP contribution < -0.4 is 0 Å². The minimum Gasteiger partial charge on any atom is -0.301 e. The van der Waals surface area contributed by atoms with E-state index in [4.69, 9.17) is 0 Å². The molecule has 0 saturated carbocycles. The molecule has 0 amide bonds. The molecule has 2 heterocycles. The molecule has 0 radical (unpaired) electrons. The Labute approximate surface area is 146 Å². The molecule has 1 aromatic carbocycles. The molecule has 1 aliphatic heterocycles. The largest absolute Gasteiger partial charge is 0.301 e. The third-order valence-electron chi connectivity index (χ3n) is 5.10. The summed E-state index contributed by atoms with van der Waals surface area (Å²) in [5.41, 5.74) is 2.82. The molecule has 128 valence electrons. The number of nitrogens with zero attached hydrogens (tertiary/aromatic N) is 3. The SMILES string of the molecule is CCN(Cc1ccncc1)[C@H]1CCCN(CCc2ccccc2)C1. The Morgan fingerprint density at radius 3 is 2.62 bits per heavy atom. The average molecular weight is 323 g/mol. The van der Waals surface area contributed by atoms with Gasteiger partial charge in [0.1, 0.15) is 0 Å². The number of hydrogen-bond acceptors (Lipinski definition) is 3. The highest BCUT2D eigenvalue weighted by atomic mass is 15.2. The first-order valence-electron chi connectivity index (χ1n) is 9.24. The summed E-state index contributed by atoms with van der Waals surface area (Å²) in [6.07, 6.45) is 7.59. The molecule has 0 N–H and O–H groups in total. The van der Waals surface area contributed by atoms with Crippen molar-refractivity contribution in [3.05, 3.63) is 66.0 Å². The maximum absolute atomic E-state index is 4.13. The topological polar surface area (TPSA) is 19.4 Å². The average Bonchev–Trinajstić information content (AvgIpc) is 2.66. The van der Waals surface area contributed by atoms with Gasteiger partial charge >= 0.3 is 0 Å². The zero-order valence-corrected chi connectivity index (χ0v) is 14.8. The molecule has 1 aliphatic rings. The third-order valence-corrected chi connectivity index (χ3v) is 5.10. The van der Waals surface area contributed by atoms with Gasteiger partial charge in [0, 0.05) is 38.1 Å². The molecular weight excluding hydrogens is 294 g/mol. The van der Waals surface area contributed by atoms with E-state index in [1.807, 2.05) is 12.4 Å². The zero-order chi connectivity index (χ0) is 16.6. The molecule has 0 bridgehead atoms. The van der Waals surface area contributed by atoms with Crippen molar-refractivity contribution in [2.24, 2.45) is 0 Å². The van der Waals surface area contributed by atoms with Gasteiger partial charge in [0.15, 0.2) is 0 Å². The van der Waals surface area contributed by atoms with Gasteiger partial charge in [-0.3, -0.25) is 9.88 Å². The second-order valence-electron chi connectivity index (χ2n) is 6.75. The Morgan fingerprint density at radius 1 is 1.08 bits per heavy atom. The standard InChI is InChI=1S/C21H29N3/c1-2-24(17-20-10-13-22-14-11-20)21-9-6-15-23(18-21)16-12-19-7-4-3-5-8-19/h3-5,7-8,10-11,13-14,21H,2,6,9,12,15-18H2,1H3/t21-/m0/s1. The Morgan fingerprint density at radius 2 is 1.88 bits per heavy atom. The molecule has 3 nitrogen and oxygen atoms in total. The zero-order valence-electron chi connectivity index (χ0n) is 14.8. The second kappa shape index (κ2) is 8.95. The van der Waals surface area contributed by atoms with Crippen molar-refractivity contribution in [1.82, 2.24) is 14.8 Å². The van der Waals surface area contributed by atoms with Gasteiger partial charge in [-0.15, -0.1) is 0 Å². The van der Waals surface area contributed by atoms with E-state index in [1.165, 1.54) is 43.6 Å². The van der Waals surface area contributed by atoms with E-state index < -0.39 is 0 Å². The quantitative estimate of drug-likeness (QED) is 0.776. The molecule has 1 aromatic heterocycles. The predicted octanol–water partition coefficient (Wildman–Crippen LogP) is 3.61. The van der Waals surface area contributed by atoms with Crippen LogP contribution in [0.4, 0.5) is 0 Å². The maximum Gasteiger partial charge on any atom is 0.0271 e. The van der Waals surface area contributed by atoms with Crippen LogP contribution in [0.2, 0.25) is 0 Å². The van der Waals surface area contributed by atoms with Crippen LogP contribution in [0.5, 0.6) is 0 Å². The van der Waals surface area contributed by atoms with Crippen molar-refractivity contribution in [3.8, 4) is 0 Å². The summed E-state index contributed by atoms with van der Waals surface area (Å²) >= 11 is 0. The Balaban J connectivity index is 1.53. The monoisotopic (exact) mass is 323 g/mol. The van der Waals surface area contributed by atoms with Crippen molar-refractivity contribution in [1.29, 1.82) is 0 Å². The molecule has 0 unspecified atom stereocenters. The summed E-state index contributed by atoms with van der Waals surface area (Å²) in [5, 5.41) is 0. The van der Waals surface area contributed by atoms with E-state index in [0.717, 1.165) is 19.5 Å². The van der Waals surface area contributed by atoms with Crippen LogP contribution in [0.25, 0.3) is 0 Å². The van der Waals surface area contributed by atoms with Gasteiger partial charge in [0.05, 0.1) is 0 Å².